The summed E-state index contributed by atoms with van der Waals surface area (Å²) < 4.78 is 26.4. The minimum Gasteiger partial charge on any atom is -0.368 e. The molecule has 0 aromatic heterocycles. The first-order chi connectivity index (χ1) is 14.3. The van der Waals surface area contributed by atoms with Crippen molar-refractivity contribution in [3.8, 4) is 0 Å². The molecular weight excluding hydrogens is 406 g/mol. The van der Waals surface area contributed by atoms with E-state index in [1.54, 1.807) is 29.2 Å². The van der Waals surface area contributed by atoms with Gasteiger partial charge < -0.3 is 10.6 Å². The first-order valence-corrected chi connectivity index (χ1v) is 10.9. The minimum atomic E-state index is -3.56. The molecule has 4 rings (SSSR count). The van der Waals surface area contributed by atoms with E-state index in [2.05, 4.69) is 9.82 Å². The molecule has 2 heterocycles. The highest BCUT2D eigenvalue weighted by molar-refractivity contribution is 7.89. The highest BCUT2D eigenvalue weighted by atomic mass is 32.2. The number of hydrogen-bond acceptors (Lipinski definition) is 6. The summed E-state index contributed by atoms with van der Waals surface area (Å²) in [5.74, 6) is -0.878. The van der Waals surface area contributed by atoms with Crippen LogP contribution in [0, 0.1) is 0 Å². The zero-order valence-electron chi connectivity index (χ0n) is 16.3. The summed E-state index contributed by atoms with van der Waals surface area (Å²) in [6, 6.07) is 13.0. The molecule has 0 aliphatic carbocycles. The van der Waals surface area contributed by atoms with Crippen LogP contribution in [0.4, 0.5) is 11.4 Å². The number of nitrogens with zero attached hydrogens (tertiary/aromatic N) is 3. The maximum atomic E-state index is 13.2. The molecule has 0 bridgehead atoms. The van der Waals surface area contributed by atoms with E-state index >= 15 is 0 Å². The summed E-state index contributed by atoms with van der Waals surface area (Å²) in [5, 5.41) is 5.88. The van der Waals surface area contributed by atoms with Crippen molar-refractivity contribution in [1.82, 2.24) is 4.72 Å². The van der Waals surface area contributed by atoms with Gasteiger partial charge in [-0.1, -0.05) is 18.2 Å². The first-order valence-electron chi connectivity index (χ1n) is 9.41. The summed E-state index contributed by atoms with van der Waals surface area (Å²) in [6.07, 6.45) is 0.643. The number of rotatable bonds is 5. The van der Waals surface area contributed by atoms with Crippen molar-refractivity contribution in [2.24, 2.45) is 10.8 Å². The monoisotopic (exact) mass is 427 g/mol. The molecule has 2 aliphatic heterocycles. The van der Waals surface area contributed by atoms with Gasteiger partial charge in [0.2, 0.25) is 15.9 Å². The Morgan fingerprint density at radius 1 is 1.17 bits per heavy atom. The Morgan fingerprint density at radius 2 is 1.90 bits per heavy atom. The molecule has 0 saturated heterocycles. The molecule has 30 heavy (non-hydrogen) atoms. The number of hydrogen-bond donors (Lipinski definition) is 2. The average molecular weight is 427 g/mol. The molecule has 10 heteroatoms. The number of anilines is 2. The number of benzene rings is 2. The topological polar surface area (TPSA) is 125 Å². The quantitative estimate of drug-likeness (QED) is 0.723. The number of primary amides is 1. The van der Waals surface area contributed by atoms with Crippen LogP contribution in [0.1, 0.15) is 12.0 Å². The van der Waals surface area contributed by atoms with Crippen LogP contribution in [-0.4, -0.2) is 45.6 Å². The van der Waals surface area contributed by atoms with Crippen molar-refractivity contribution < 1.29 is 18.0 Å². The zero-order valence-corrected chi connectivity index (χ0v) is 17.1. The second kappa shape index (κ2) is 7.54. The standard InChI is InChI=1S/C20H21N5O4S/c1-22-30(28,29)15-7-8-17-13(11-15)9-10-24(17)20(27)16-12-18(19(21)26)25(23-16)14-5-3-2-4-6-14/h2-8,11,18,22H,9-10,12H2,1H3,(H2,21,26). The van der Waals surface area contributed by atoms with E-state index in [4.69, 9.17) is 5.73 Å². The van der Waals surface area contributed by atoms with Gasteiger partial charge in [-0.2, -0.15) is 5.10 Å². The molecule has 2 aromatic rings. The van der Waals surface area contributed by atoms with E-state index in [9.17, 15) is 18.0 Å². The lowest BCUT2D eigenvalue weighted by molar-refractivity contribution is -0.119. The van der Waals surface area contributed by atoms with Gasteiger partial charge in [0, 0.05) is 18.7 Å². The third kappa shape index (κ3) is 3.44. The van der Waals surface area contributed by atoms with Crippen molar-refractivity contribution in [2.75, 3.05) is 23.5 Å². The van der Waals surface area contributed by atoms with Crippen molar-refractivity contribution in [2.45, 2.75) is 23.8 Å². The number of carbonyl (C=O) groups excluding carboxylic acids is 2. The molecule has 0 radical (unpaired) electrons. The van der Waals surface area contributed by atoms with Crippen LogP contribution in [0.2, 0.25) is 0 Å². The van der Waals surface area contributed by atoms with E-state index < -0.39 is 22.0 Å². The van der Waals surface area contributed by atoms with Gasteiger partial charge in [-0.25, -0.2) is 13.1 Å². The number of hydrazone groups is 1. The first kappa shape index (κ1) is 20.0. The number of para-hydroxylation sites is 1. The number of amides is 2. The summed E-state index contributed by atoms with van der Waals surface area (Å²) in [5.41, 5.74) is 7.87. The Labute approximate surface area is 174 Å². The molecule has 2 aromatic carbocycles. The van der Waals surface area contributed by atoms with Gasteiger partial charge in [0.05, 0.1) is 10.6 Å². The van der Waals surface area contributed by atoms with Crippen LogP contribution >= 0.6 is 0 Å². The Hall–Kier alpha value is -3.24. The van der Waals surface area contributed by atoms with E-state index in [1.165, 1.54) is 18.1 Å². The predicted octanol–water partition coefficient (Wildman–Crippen LogP) is 0.604. The maximum Gasteiger partial charge on any atom is 0.274 e. The van der Waals surface area contributed by atoms with Crippen molar-refractivity contribution in [1.29, 1.82) is 0 Å². The van der Waals surface area contributed by atoms with Gasteiger partial charge in [-0.3, -0.25) is 14.6 Å². The molecule has 0 fully saturated rings. The fourth-order valence-corrected chi connectivity index (χ4v) is 4.49. The number of fused-ring (bicyclic) bond motifs is 1. The van der Waals surface area contributed by atoms with Crippen molar-refractivity contribution in [3.63, 3.8) is 0 Å². The third-order valence-electron chi connectivity index (χ3n) is 5.28. The summed E-state index contributed by atoms with van der Waals surface area (Å²) in [7, 11) is -2.21. The Kier molecular flexibility index (Phi) is 5.04. The Balaban J connectivity index is 1.63. The summed E-state index contributed by atoms with van der Waals surface area (Å²) in [4.78, 5) is 26.9. The largest absolute Gasteiger partial charge is 0.368 e. The van der Waals surface area contributed by atoms with Crippen LogP contribution < -0.4 is 20.4 Å². The average Bonchev–Trinajstić information content (AvgIpc) is 3.38. The van der Waals surface area contributed by atoms with E-state index in [0.717, 1.165) is 5.56 Å². The van der Waals surface area contributed by atoms with E-state index in [-0.39, 0.29) is 22.9 Å². The molecular formula is C20H21N5O4S. The van der Waals surface area contributed by atoms with Crippen LogP contribution in [0.25, 0.3) is 0 Å². The fourth-order valence-electron chi connectivity index (χ4n) is 3.71. The lowest BCUT2D eigenvalue weighted by Crippen LogP contribution is -2.40. The number of nitrogens with one attached hydrogen (secondary N) is 1. The molecule has 156 valence electrons. The van der Waals surface area contributed by atoms with Gasteiger partial charge in [0.25, 0.3) is 5.91 Å². The minimum absolute atomic E-state index is 0.112. The van der Waals surface area contributed by atoms with Gasteiger partial charge in [0.1, 0.15) is 11.8 Å². The predicted molar refractivity (Wildman–Crippen MR) is 113 cm³/mol. The van der Waals surface area contributed by atoms with Crippen LogP contribution in [0.5, 0.6) is 0 Å². The van der Waals surface area contributed by atoms with Crippen LogP contribution in [0.3, 0.4) is 0 Å². The second-order valence-electron chi connectivity index (χ2n) is 7.05. The SMILES string of the molecule is CNS(=O)(=O)c1ccc2c(c1)CCN2C(=O)C1=NN(c2ccccc2)C(C(N)=O)C1. The van der Waals surface area contributed by atoms with Crippen LogP contribution in [0.15, 0.2) is 58.5 Å². The molecule has 0 saturated carbocycles. The Morgan fingerprint density at radius 3 is 2.57 bits per heavy atom. The highest BCUT2D eigenvalue weighted by Crippen LogP contribution is 2.32. The number of carbonyl (C=O) groups is 2. The van der Waals surface area contributed by atoms with E-state index in [1.807, 2.05) is 18.2 Å². The van der Waals surface area contributed by atoms with Gasteiger partial charge in [0.15, 0.2) is 0 Å². The smallest absolute Gasteiger partial charge is 0.274 e. The molecule has 9 nitrogen and oxygen atoms in total. The highest BCUT2D eigenvalue weighted by Gasteiger charge is 2.38. The third-order valence-corrected chi connectivity index (χ3v) is 6.69. The zero-order chi connectivity index (χ0) is 21.5. The second-order valence-corrected chi connectivity index (χ2v) is 8.94. The van der Waals surface area contributed by atoms with Gasteiger partial charge in [-0.05, 0) is 49.4 Å². The Bertz CT molecular complexity index is 1150. The lowest BCUT2D eigenvalue weighted by atomic mass is 10.1. The van der Waals surface area contributed by atoms with E-state index in [0.29, 0.717) is 24.3 Å². The summed E-state index contributed by atoms with van der Waals surface area (Å²) in [6.45, 7) is 0.406. The van der Waals surface area contributed by atoms with Crippen molar-refractivity contribution >= 4 is 38.9 Å². The lowest BCUT2D eigenvalue weighted by Gasteiger charge is -2.20. The summed E-state index contributed by atoms with van der Waals surface area (Å²) >= 11 is 0. The normalized spacial score (nSPS) is 18.3. The molecule has 1 unspecified atom stereocenters. The number of nitrogens with two attached hydrogens (primary N) is 1. The van der Waals surface area contributed by atoms with Gasteiger partial charge >= 0.3 is 0 Å². The molecule has 2 amide bonds. The maximum absolute atomic E-state index is 13.2. The van der Waals surface area contributed by atoms with Crippen LogP contribution in [-0.2, 0) is 26.0 Å². The molecule has 3 N–H and O–H groups in total. The fraction of sp³-hybridized carbons (Fsp3) is 0.250. The molecule has 2 aliphatic rings. The molecule has 0 spiro atoms. The number of sulfonamides is 1. The molecule has 1 atom stereocenters. The van der Waals surface area contributed by atoms with Crippen molar-refractivity contribution in [3.05, 3.63) is 54.1 Å². The van der Waals surface area contributed by atoms with Gasteiger partial charge in [-0.15, -0.1) is 0 Å².